The van der Waals surface area contributed by atoms with E-state index in [9.17, 15) is 9.59 Å². The molecule has 0 fully saturated rings. The Labute approximate surface area is 178 Å². The highest BCUT2D eigenvalue weighted by atomic mass is 32.2. The van der Waals surface area contributed by atoms with Gasteiger partial charge in [0.2, 0.25) is 5.91 Å². The van der Waals surface area contributed by atoms with Gasteiger partial charge < -0.3 is 14.6 Å². The minimum Gasteiger partial charge on any atom is -0.462 e. The number of allylic oxidation sites excluding steroid dienone is 1. The van der Waals surface area contributed by atoms with Crippen LogP contribution in [0.3, 0.4) is 0 Å². The Morgan fingerprint density at radius 2 is 2.17 bits per heavy atom. The minimum atomic E-state index is -0.359. The molecule has 1 aliphatic rings. The van der Waals surface area contributed by atoms with Gasteiger partial charge in [0.05, 0.1) is 17.9 Å². The zero-order valence-corrected chi connectivity index (χ0v) is 18.6. The van der Waals surface area contributed by atoms with E-state index in [1.165, 1.54) is 28.0 Å². The van der Waals surface area contributed by atoms with Crippen molar-refractivity contribution in [3.05, 3.63) is 34.5 Å². The average molecular weight is 435 g/mol. The first kappa shape index (κ1) is 21.6. The third-order valence-electron chi connectivity index (χ3n) is 4.56. The molecule has 9 heteroatoms. The van der Waals surface area contributed by atoms with Gasteiger partial charge in [0.1, 0.15) is 10.8 Å². The highest BCUT2D eigenvalue weighted by Gasteiger charge is 2.28. The number of amides is 1. The molecule has 0 aliphatic heterocycles. The van der Waals surface area contributed by atoms with Crippen molar-refractivity contribution in [2.75, 3.05) is 17.7 Å². The van der Waals surface area contributed by atoms with Crippen molar-refractivity contribution in [2.45, 2.75) is 57.7 Å². The molecule has 0 radical (unpaired) electrons. The second kappa shape index (κ2) is 9.58. The fourth-order valence-corrected chi connectivity index (χ4v) is 5.39. The van der Waals surface area contributed by atoms with Crippen LogP contribution in [0.15, 0.2) is 17.8 Å². The van der Waals surface area contributed by atoms with Crippen LogP contribution in [0.1, 0.15) is 59.7 Å². The molecular formula is C20H26N4O3S2. The molecule has 0 atom stereocenters. The first-order valence-corrected chi connectivity index (χ1v) is 11.5. The predicted molar refractivity (Wildman–Crippen MR) is 116 cm³/mol. The third-order valence-corrected chi connectivity index (χ3v) is 6.73. The maximum atomic E-state index is 12.6. The number of thiophene rings is 1. The van der Waals surface area contributed by atoms with E-state index in [2.05, 4.69) is 35.9 Å². The SMILES string of the molecule is C=CCn1c(SCC(=O)Nc2sc3c(c2C(=O)OCC)CCC3)nnc1C(C)C. The molecule has 156 valence electrons. The number of hydrogen-bond donors (Lipinski definition) is 1. The zero-order chi connectivity index (χ0) is 21.0. The number of thioether (sulfide) groups is 1. The van der Waals surface area contributed by atoms with Crippen molar-refractivity contribution < 1.29 is 14.3 Å². The van der Waals surface area contributed by atoms with E-state index < -0.39 is 0 Å². The van der Waals surface area contributed by atoms with E-state index in [1.807, 2.05) is 4.57 Å². The molecule has 0 bridgehead atoms. The summed E-state index contributed by atoms with van der Waals surface area (Å²) in [4.78, 5) is 26.2. The maximum Gasteiger partial charge on any atom is 0.341 e. The molecule has 2 aromatic heterocycles. The molecule has 0 saturated heterocycles. The highest BCUT2D eigenvalue weighted by Crippen LogP contribution is 2.39. The number of aryl methyl sites for hydroxylation is 1. The van der Waals surface area contributed by atoms with Gasteiger partial charge in [0, 0.05) is 17.3 Å². The highest BCUT2D eigenvalue weighted by molar-refractivity contribution is 7.99. The van der Waals surface area contributed by atoms with Gasteiger partial charge in [0.25, 0.3) is 0 Å². The summed E-state index contributed by atoms with van der Waals surface area (Å²) < 4.78 is 7.18. The quantitative estimate of drug-likeness (QED) is 0.364. The maximum absolute atomic E-state index is 12.6. The lowest BCUT2D eigenvalue weighted by Crippen LogP contribution is -2.17. The monoisotopic (exact) mass is 434 g/mol. The smallest absolute Gasteiger partial charge is 0.341 e. The summed E-state index contributed by atoms with van der Waals surface area (Å²) in [6.45, 7) is 10.6. The van der Waals surface area contributed by atoms with E-state index >= 15 is 0 Å². The number of fused-ring (bicyclic) bond motifs is 1. The first-order chi connectivity index (χ1) is 14.0. The van der Waals surface area contributed by atoms with E-state index in [-0.39, 0.29) is 23.5 Å². The molecule has 0 unspecified atom stereocenters. The van der Waals surface area contributed by atoms with E-state index in [4.69, 9.17) is 4.74 Å². The molecule has 1 amide bonds. The summed E-state index contributed by atoms with van der Waals surface area (Å²) in [5.74, 6) is 0.735. The number of rotatable bonds is 9. The van der Waals surface area contributed by atoms with Crippen molar-refractivity contribution >= 4 is 40.0 Å². The number of esters is 1. The number of ether oxygens (including phenoxy) is 1. The molecule has 1 N–H and O–H groups in total. The van der Waals surface area contributed by atoms with Crippen molar-refractivity contribution in [3.8, 4) is 0 Å². The van der Waals surface area contributed by atoms with Crippen LogP contribution in [0, 0.1) is 0 Å². The van der Waals surface area contributed by atoms with Crippen LogP contribution in [-0.4, -0.2) is 39.0 Å². The van der Waals surface area contributed by atoms with Crippen LogP contribution in [0.4, 0.5) is 5.00 Å². The Morgan fingerprint density at radius 3 is 2.86 bits per heavy atom. The molecule has 2 heterocycles. The van der Waals surface area contributed by atoms with Gasteiger partial charge in [-0.25, -0.2) is 4.79 Å². The molecule has 3 rings (SSSR count). The standard InChI is InChI=1S/C20H26N4O3S2/c1-5-10-24-17(12(3)4)22-23-20(24)28-11-15(25)21-18-16(19(26)27-6-2)13-8-7-9-14(13)29-18/h5,12H,1,6-11H2,2-4H3,(H,21,25). The summed E-state index contributed by atoms with van der Waals surface area (Å²) >= 11 is 2.81. The van der Waals surface area contributed by atoms with Crippen molar-refractivity contribution in [1.29, 1.82) is 0 Å². The van der Waals surface area contributed by atoms with Gasteiger partial charge >= 0.3 is 5.97 Å². The number of carbonyl (C=O) groups excluding carboxylic acids is 2. The van der Waals surface area contributed by atoms with Gasteiger partial charge in [-0.15, -0.1) is 28.1 Å². The molecule has 2 aromatic rings. The van der Waals surface area contributed by atoms with Gasteiger partial charge in [-0.05, 0) is 31.7 Å². The Hall–Kier alpha value is -2.13. The van der Waals surface area contributed by atoms with Crippen LogP contribution in [-0.2, 0) is 28.9 Å². The molecule has 1 aliphatic carbocycles. The lowest BCUT2D eigenvalue weighted by atomic mass is 10.1. The molecule has 0 aromatic carbocycles. The third kappa shape index (κ3) is 4.72. The number of anilines is 1. The van der Waals surface area contributed by atoms with Crippen LogP contribution in [0.2, 0.25) is 0 Å². The zero-order valence-electron chi connectivity index (χ0n) is 17.0. The molecule has 0 spiro atoms. The second-order valence-electron chi connectivity index (χ2n) is 7.01. The Morgan fingerprint density at radius 1 is 1.38 bits per heavy atom. The van der Waals surface area contributed by atoms with E-state index in [1.54, 1.807) is 13.0 Å². The van der Waals surface area contributed by atoms with Gasteiger partial charge in [-0.1, -0.05) is 31.7 Å². The van der Waals surface area contributed by atoms with Gasteiger partial charge in [-0.3, -0.25) is 4.79 Å². The number of nitrogens with zero attached hydrogens (tertiary/aromatic N) is 3. The van der Waals surface area contributed by atoms with Crippen molar-refractivity contribution in [1.82, 2.24) is 14.8 Å². The first-order valence-electron chi connectivity index (χ1n) is 9.74. The topological polar surface area (TPSA) is 86.1 Å². The number of carbonyl (C=O) groups is 2. The predicted octanol–water partition coefficient (Wildman–Crippen LogP) is 4.05. The summed E-state index contributed by atoms with van der Waals surface area (Å²) in [6.07, 6.45) is 4.62. The van der Waals surface area contributed by atoms with Gasteiger partial charge in [-0.2, -0.15) is 0 Å². The molecule has 0 saturated carbocycles. The fourth-order valence-electron chi connectivity index (χ4n) is 3.34. The normalized spacial score (nSPS) is 12.8. The molecule has 7 nitrogen and oxygen atoms in total. The number of hydrogen-bond acceptors (Lipinski definition) is 7. The van der Waals surface area contributed by atoms with Crippen molar-refractivity contribution in [3.63, 3.8) is 0 Å². The van der Waals surface area contributed by atoms with E-state index in [0.29, 0.717) is 28.9 Å². The van der Waals surface area contributed by atoms with Crippen LogP contribution in [0.5, 0.6) is 0 Å². The van der Waals surface area contributed by atoms with E-state index in [0.717, 1.165) is 30.7 Å². The largest absolute Gasteiger partial charge is 0.462 e. The van der Waals surface area contributed by atoms with Crippen LogP contribution < -0.4 is 5.32 Å². The number of aromatic nitrogens is 3. The summed E-state index contributed by atoms with van der Waals surface area (Å²) in [6, 6.07) is 0. The summed E-state index contributed by atoms with van der Waals surface area (Å²) in [7, 11) is 0. The van der Waals surface area contributed by atoms with Crippen LogP contribution in [0.25, 0.3) is 0 Å². The van der Waals surface area contributed by atoms with Gasteiger partial charge in [0.15, 0.2) is 5.16 Å². The lowest BCUT2D eigenvalue weighted by molar-refractivity contribution is -0.113. The molecular weight excluding hydrogens is 408 g/mol. The summed E-state index contributed by atoms with van der Waals surface area (Å²) in [5.41, 5.74) is 1.56. The molecule has 29 heavy (non-hydrogen) atoms. The Bertz CT molecular complexity index is 917. The van der Waals surface area contributed by atoms with Crippen molar-refractivity contribution in [2.24, 2.45) is 0 Å². The number of nitrogens with one attached hydrogen (secondary N) is 1. The van der Waals surface area contributed by atoms with Crippen LogP contribution >= 0.6 is 23.1 Å². The average Bonchev–Trinajstić information content (AvgIpc) is 3.35. The Balaban J connectivity index is 1.71. The lowest BCUT2D eigenvalue weighted by Gasteiger charge is -2.10. The second-order valence-corrected chi connectivity index (χ2v) is 9.06. The minimum absolute atomic E-state index is 0.179. The summed E-state index contributed by atoms with van der Waals surface area (Å²) in [5, 5.41) is 12.6. The fraction of sp³-hybridized carbons (Fsp3) is 0.500. The Kier molecular flexibility index (Phi) is 7.13.